The number of carbonyl (C=O) groups excluding carboxylic acids is 8. The number of nitrogens with two attached hydrogens (primary N) is 1. The molecule has 5 N–H and O–H groups in total. The van der Waals surface area contributed by atoms with Gasteiger partial charge in [-0.15, -0.1) is 0 Å². The van der Waals surface area contributed by atoms with Gasteiger partial charge >= 0.3 is 12.0 Å². The molecule has 1 aromatic carbocycles. The van der Waals surface area contributed by atoms with Crippen LogP contribution in [0.5, 0.6) is 0 Å². The number of hydrogen-bond donors (Lipinski definition) is 4. The fourth-order valence-corrected chi connectivity index (χ4v) is 6.92. The molecule has 7 amide bonds. The van der Waals surface area contributed by atoms with E-state index in [0.29, 0.717) is 55.4 Å². The van der Waals surface area contributed by atoms with Crippen molar-refractivity contribution >= 4 is 64.8 Å². The minimum atomic E-state index is -0.876. The number of esters is 1. The molecule has 60 heavy (non-hydrogen) atoms. The minimum absolute atomic E-state index is 0.0151. The number of primary amides is 1. The second-order valence-electron chi connectivity index (χ2n) is 16.9. The normalized spacial score (nSPS) is 14.0. The lowest BCUT2D eigenvalue weighted by molar-refractivity contribution is -0.159. The van der Waals surface area contributed by atoms with Crippen LogP contribution in [0, 0.1) is 29.6 Å². The van der Waals surface area contributed by atoms with E-state index in [2.05, 4.69) is 16.0 Å². The molecule has 0 aliphatic carbocycles. The number of nitrogens with one attached hydrogen (secondary N) is 3. The molecule has 0 spiro atoms. The zero-order chi connectivity index (χ0) is 44.9. The van der Waals surface area contributed by atoms with Crippen LogP contribution in [0.1, 0.15) is 112 Å². The van der Waals surface area contributed by atoms with E-state index in [1.165, 1.54) is 16.7 Å². The number of Topliss-reactive ketones (excluding diaryl/α,β-unsaturated/α-hetero) is 1. The first-order valence-corrected chi connectivity index (χ1v) is 22.3. The van der Waals surface area contributed by atoms with Crippen LogP contribution >= 0.6 is 11.8 Å². The second-order valence-corrected chi connectivity index (χ2v) is 18.0. The number of hydrogen-bond acceptors (Lipinski definition) is 10. The maximum Gasteiger partial charge on any atom is 0.312 e. The van der Waals surface area contributed by atoms with E-state index < -0.39 is 29.8 Å². The Morgan fingerprint density at radius 2 is 1.28 bits per heavy atom. The SMILES string of the molecule is CC(C)CCC(=O)N1CN(C(=O)CCSCC(=O)N[C@H](C(=O)C[C@@H](CCCNC(N)=O)C(=O)Nc2ccc(COC(=O)C(C)C)cc2)C(C)C)CN(C(=O)CCC(C)C)C1. The molecule has 1 aliphatic heterocycles. The number of benzene rings is 1. The van der Waals surface area contributed by atoms with Gasteiger partial charge < -0.3 is 41.1 Å². The van der Waals surface area contributed by atoms with E-state index in [1.807, 2.05) is 27.7 Å². The van der Waals surface area contributed by atoms with Gasteiger partial charge in [-0.25, -0.2) is 4.79 Å². The molecule has 1 aromatic rings. The van der Waals surface area contributed by atoms with Crippen LogP contribution in [0.2, 0.25) is 0 Å². The molecule has 1 heterocycles. The molecule has 1 fully saturated rings. The molecule has 0 unspecified atom stereocenters. The fraction of sp³-hybridized carbons (Fsp3) is 0.674. The highest BCUT2D eigenvalue weighted by Crippen LogP contribution is 2.21. The molecule has 0 bridgehead atoms. The van der Waals surface area contributed by atoms with Gasteiger partial charge in [0.15, 0.2) is 5.78 Å². The number of amides is 7. The van der Waals surface area contributed by atoms with Crippen LogP contribution in [0.25, 0.3) is 0 Å². The molecule has 2 rings (SSSR count). The molecule has 0 radical (unpaired) electrons. The summed E-state index contributed by atoms with van der Waals surface area (Å²) in [7, 11) is 0. The van der Waals surface area contributed by atoms with Crippen molar-refractivity contribution in [3.63, 3.8) is 0 Å². The van der Waals surface area contributed by atoms with Crippen molar-refractivity contribution in [2.75, 3.05) is 43.4 Å². The van der Waals surface area contributed by atoms with Gasteiger partial charge in [-0.1, -0.05) is 67.5 Å². The summed E-state index contributed by atoms with van der Waals surface area (Å²) in [6, 6.07) is 5.22. The lowest BCUT2D eigenvalue weighted by Gasteiger charge is -2.42. The Bertz CT molecular complexity index is 1570. The van der Waals surface area contributed by atoms with Gasteiger partial charge in [0.2, 0.25) is 29.5 Å². The number of nitrogens with zero attached hydrogens (tertiary/aromatic N) is 3. The van der Waals surface area contributed by atoms with Gasteiger partial charge in [-0.2, -0.15) is 11.8 Å². The van der Waals surface area contributed by atoms with Crippen molar-refractivity contribution < 1.29 is 43.1 Å². The molecule has 0 saturated carbocycles. The minimum Gasteiger partial charge on any atom is -0.461 e. The number of urea groups is 1. The first-order valence-electron chi connectivity index (χ1n) is 21.1. The predicted octanol–water partition coefficient (Wildman–Crippen LogP) is 4.86. The van der Waals surface area contributed by atoms with Crippen LogP contribution < -0.4 is 21.7 Å². The van der Waals surface area contributed by atoms with Gasteiger partial charge in [0.1, 0.15) is 6.61 Å². The zero-order valence-corrected chi connectivity index (χ0v) is 37.7. The van der Waals surface area contributed by atoms with Crippen LogP contribution in [0.4, 0.5) is 10.5 Å². The van der Waals surface area contributed by atoms with E-state index in [4.69, 9.17) is 10.5 Å². The van der Waals surface area contributed by atoms with Gasteiger partial charge in [0.25, 0.3) is 0 Å². The van der Waals surface area contributed by atoms with Gasteiger partial charge in [-0.05, 0) is 61.1 Å². The number of ether oxygens (including phenoxy) is 1. The van der Waals surface area contributed by atoms with E-state index in [1.54, 1.807) is 61.8 Å². The molecule has 1 saturated heterocycles. The highest BCUT2D eigenvalue weighted by atomic mass is 32.2. The maximum absolute atomic E-state index is 13.7. The van der Waals surface area contributed by atoms with Crippen LogP contribution in [-0.4, -0.2) is 106 Å². The topological polar surface area (TPSA) is 218 Å². The lowest BCUT2D eigenvalue weighted by atomic mass is 9.89. The number of ketones is 1. The molecule has 0 aromatic heterocycles. The third-order valence-electron chi connectivity index (χ3n) is 9.90. The molecular weight excluding hydrogens is 791 g/mol. The van der Waals surface area contributed by atoms with E-state index in [-0.39, 0.29) is 99.5 Å². The summed E-state index contributed by atoms with van der Waals surface area (Å²) in [5.41, 5.74) is 6.42. The molecule has 2 atom stereocenters. The van der Waals surface area contributed by atoms with Gasteiger partial charge in [-0.3, -0.25) is 33.6 Å². The van der Waals surface area contributed by atoms with E-state index in [9.17, 15) is 38.4 Å². The van der Waals surface area contributed by atoms with Crippen molar-refractivity contribution in [1.29, 1.82) is 0 Å². The maximum atomic E-state index is 13.7. The Kier molecular flexibility index (Phi) is 22.8. The number of anilines is 1. The fourth-order valence-electron chi connectivity index (χ4n) is 6.19. The van der Waals surface area contributed by atoms with Crippen molar-refractivity contribution in [2.45, 2.75) is 119 Å². The summed E-state index contributed by atoms with van der Waals surface area (Å²) in [6.07, 6.45) is 2.62. The third kappa shape index (κ3) is 19.6. The summed E-state index contributed by atoms with van der Waals surface area (Å²) in [5, 5.41) is 8.16. The quantitative estimate of drug-likeness (QED) is 0.0774. The standard InChI is InChI=1S/C43H69N7O9S/c1-28(2)11-17-37(53)48-25-49(38(54)18-12-29(3)4)27-50(26-48)39(55)19-21-60-24-36(52)47-40(30(5)6)35(51)22-33(10-9-20-45-43(44)58)41(56)46-34-15-13-32(14-16-34)23-59-42(57)31(7)8/h13-16,28-31,33,40H,9-12,17-27H2,1-8H3,(H,46,56)(H,47,52)(H3,44,45,58)/t33-,40+/m1/s1. The molecule has 1 aliphatic rings. The van der Waals surface area contributed by atoms with Crippen molar-refractivity contribution in [1.82, 2.24) is 25.3 Å². The predicted molar refractivity (Wildman–Crippen MR) is 232 cm³/mol. The molecular formula is C43H69N7O9S. The van der Waals surface area contributed by atoms with Crippen molar-refractivity contribution in [3.05, 3.63) is 29.8 Å². The highest BCUT2D eigenvalue weighted by molar-refractivity contribution is 7.99. The lowest BCUT2D eigenvalue weighted by Crippen LogP contribution is -2.59. The third-order valence-corrected chi connectivity index (χ3v) is 10.9. The Morgan fingerprint density at radius 1 is 0.750 bits per heavy atom. The monoisotopic (exact) mass is 859 g/mol. The Balaban J connectivity index is 2.00. The first kappa shape index (κ1) is 51.5. The van der Waals surface area contributed by atoms with Crippen LogP contribution in [0.3, 0.4) is 0 Å². The average molecular weight is 860 g/mol. The van der Waals surface area contributed by atoms with Gasteiger partial charge in [0.05, 0.1) is 37.7 Å². The van der Waals surface area contributed by atoms with Crippen molar-refractivity contribution in [2.24, 2.45) is 35.3 Å². The molecule has 16 nitrogen and oxygen atoms in total. The van der Waals surface area contributed by atoms with Crippen LogP contribution in [0.15, 0.2) is 24.3 Å². The number of carbonyl (C=O) groups is 8. The molecule has 336 valence electrons. The molecule has 17 heteroatoms. The second kappa shape index (κ2) is 26.5. The van der Waals surface area contributed by atoms with Crippen molar-refractivity contribution in [3.8, 4) is 0 Å². The Morgan fingerprint density at radius 3 is 1.77 bits per heavy atom. The summed E-state index contributed by atoms with van der Waals surface area (Å²) in [5.74, 6) is -2.27. The average Bonchev–Trinajstić information content (AvgIpc) is 3.19. The highest BCUT2D eigenvalue weighted by Gasteiger charge is 2.32. The summed E-state index contributed by atoms with van der Waals surface area (Å²) in [6.45, 7) is 15.9. The summed E-state index contributed by atoms with van der Waals surface area (Å²) >= 11 is 1.23. The number of rotatable bonds is 25. The van der Waals surface area contributed by atoms with E-state index >= 15 is 0 Å². The smallest absolute Gasteiger partial charge is 0.312 e. The Labute approximate surface area is 360 Å². The van der Waals surface area contributed by atoms with E-state index in [0.717, 1.165) is 5.56 Å². The van der Waals surface area contributed by atoms with Gasteiger partial charge in [0, 0.05) is 49.6 Å². The number of thioether (sulfide) groups is 1. The zero-order valence-electron chi connectivity index (χ0n) is 36.9. The largest absolute Gasteiger partial charge is 0.461 e. The van der Waals surface area contributed by atoms with Crippen LogP contribution in [-0.2, 0) is 44.9 Å². The first-order chi connectivity index (χ1) is 28.3. The Hall–Kier alpha value is -4.67. The summed E-state index contributed by atoms with van der Waals surface area (Å²) in [4.78, 5) is 107. The summed E-state index contributed by atoms with van der Waals surface area (Å²) < 4.78 is 5.26.